The molecule has 0 aliphatic carbocycles. The van der Waals surface area contributed by atoms with E-state index >= 15 is 0 Å². The summed E-state index contributed by atoms with van der Waals surface area (Å²) in [5.74, 6) is -1.66. The number of hydrogen-bond acceptors (Lipinski definition) is 11. The minimum Gasteiger partial charge on any atom is -0.388 e. The molecule has 2 fully saturated rings. The Kier molecular flexibility index (Phi) is 10.2. The van der Waals surface area contributed by atoms with Gasteiger partial charge in [0.15, 0.2) is 0 Å². The molecule has 2 saturated heterocycles. The summed E-state index contributed by atoms with van der Waals surface area (Å²) >= 11 is 0. The maximum atomic E-state index is 13.3. The van der Waals surface area contributed by atoms with Gasteiger partial charge in [0.25, 0.3) is 17.7 Å². The molecule has 16 heteroatoms. The molecule has 0 radical (unpaired) electrons. The van der Waals surface area contributed by atoms with Gasteiger partial charge in [-0.05, 0) is 73.8 Å². The zero-order valence-corrected chi connectivity index (χ0v) is 29.6. The molecule has 16 nitrogen and oxygen atoms in total. The first-order chi connectivity index (χ1) is 26.1. The van der Waals surface area contributed by atoms with Crippen LogP contribution in [0.5, 0.6) is 0 Å². The molecule has 7 N–H and O–H groups in total. The Morgan fingerprint density at radius 3 is 2.65 bits per heavy atom. The number of rotatable bonds is 13. The highest BCUT2D eigenvalue weighted by molar-refractivity contribution is 6.25. The van der Waals surface area contributed by atoms with Crippen molar-refractivity contribution in [3.63, 3.8) is 0 Å². The smallest absolute Gasteiger partial charge is 0.264 e. The highest BCUT2D eigenvalue weighted by Crippen LogP contribution is 2.32. The molecule has 4 aromatic rings. The number of amides is 6. The number of imidazole rings is 1. The molecule has 2 atom stereocenters. The van der Waals surface area contributed by atoms with Crippen LogP contribution in [-0.2, 0) is 20.9 Å². The van der Waals surface area contributed by atoms with Crippen LogP contribution in [-0.4, -0.2) is 101 Å². The average Bonchev–Trinajstić information content (AvgIpc) is 3.85. The van der Waals surface area contributed by atoms with E-state index in [1.165, 1.54) is 12.3 Å². The van der Waals surface area contributed by atoms with Gasteiger partial charge in [-0.3, -0.25) is 43.9 Å². The number of nitrogens with one attached hydrogen (secondary N) is 7. The summed E-state index contributed by atoms with van der Waals surface area (Å²) in [7, 11) is 1.76. The van der Waals surface area contributed by atoms with Crippen molar-refractivity contribution < 1.29 is 28.8 Å². The molecule has 1 aromatic heterocycles. The van der Waals surface area contributed by atoms with Gasteiger partial charge in [0.1, 0.15) is 11.9 Å². The van der Waals surface area contributed by atoms with Crippen molar-refractivity contribution in [2.75, 3.05) is 49.2 Å². The lowest BCUT2D eigenvalue weighted by molar-refractivity contribution is -0.136. The first-order valence-corrected chi connectivity index (χ1v) is 17.8. The van der Waals surface area contributed by atoms with Crippen molar-refractivity contribution in [2.24, 2.45) is 5.92 Å². The van der Waals surface area contributed by atoms with Gasteiger partial charge in [-0.1, -0.05) is 6.07 Å². The molecular weight excluding hydrogens is 692 g/mol. The molecule has 0 spiro atoms. The van der Waals surface area contributed by atoms with Crippen LogP contribution in [0.15, 0.2) is 54.6 Å². The molecule has 54 heavy (non-hydrogen) atoms. The monoisotopic (exact) mass is 732 g/mol. The van der Waals surface area contributed by atoms with Crippen LogP contribution in [0.25, 0.3) is 11.0 Å². The third kappa shape index (κ3) is 7.41. The Morgan fingerprint density at radius 1 is 1.00 bits per heavy atom. The van der Waals surface area contributed by atoms with Crippen LogP contribution in [0.2, 0.25) is 0 Å². The standard InChI is InChI=1S/C38H40N10O6/c1-40-26-7-5-22(16-23(26)18-39)35(51)43-24-6-8-27-29(17-24)45-31(44-27)20-47-14-11-21(19-47)15-33(50)42-13-12-41-28-4-2-3-25-34(28)38(54)48(37(25)53)30-9-10-32(49)46-36(30)52/h2-8,16-18,21,30,39-41H,9-15,19-20H2,1H3,(H,42,50)(H,43,51)(H,44,45)(H,46,49,52). The van der Waals surface area contributed by atoms with Gasteiger partial charge in [0, 0.05) is 73.9 Å². The van der Waals surface area contributed by atoms with Gasteiger partial charge in [-0.2, -0.15) is 0 Å². The number of hydrogen-bond donors (Lipinski definition) is 7. The quantitative estimate of drug-likeness (QED) is 0.0605. The average molecular weight is 733 g/mol. The van der Waals surface area contributed by atoms with E-state index in [0.717, 1.165) is 47.0 Å². The largest absolute Gasteiger partial charge is 0.388 e. The third-order valence-electron chi connectivity index (χ3n) is 9.98. The van der Waals surface area contributed by atoms with E-state index in [9.17, 15) is 28.8 Å². The Bertz CT molecular complexity index is 2200. The van der Waals surface area contributed by atoms with E-state index in [1.807, 2.05) is 12.1 Å². The predicted molar refractivity (Wildman–Crippen MR) is 201 cm³/mol. The minimum absolute atomic E-state index is 0.0446. The summed E-state index contributed by atoms with van der Waals surface area (Å²) < 4.78 is 0. The van der Waals surface area contributed by atoms with Crippen molar-refractivity contribution in [3.05, 3.63) is 82.7 Å². The van der Waals surface area contributed by atoms with Gasteiger partial charge >= 0.3 is 0 Å². The molecule has 6 amide bonds. The number of aromatic nitrogens is 2. The summed E-state index contributed by atoms with van der Waals surface area (Å²) in [6.07, 6.45) is 2.56. The zero-order chi connectivity index (χ0) is 37.9. The summed E-state index contributed by atoms with van der Waals surface area (Å²) in [5, 5.41) is 21.8. The molecule has 0 bridgehead atoms. The number of piperidine rings is 1. The maximum Gasteiger partial charge on any atom is 0.264 e. The van der Waals surface area contributed by atoms with Crippen molar-refractivity contribution in [2.45, 2.75) is 38.3 Å². The van der Waals surface area contributed by atoms with Gasteiger partial charge < -0.3 is 31.7 Å². The Hall–Kier alpha value is -6.42. The van der Waals surface area contributed by atoms with Crippen molar-refractivity contribution >= 4 is 69.8 Å². The summed E-state index contributed by atoms with van der Waals surface area (Å²) in [6, 6.07) is 14.4. The van der Waals surface area contributed by atoms with Crippen molar-refractivity contribution in [1.82, 2.24) is 30.4 Å². The van der Waals surface area contributed by atoms with E-state index < -0.39 is 29.7 Å². The third-order valence-corrected chi connectivity index (χ3v) is 9.98. The predicted octanol–water partition coefficient (Wildman–Crippen LogP) is 2.70. The SMILES string of the molecule is CNc1ccc(C(=O)Nc2ccc3nc(CN4CCC(CC(=O)NCCNc5cccc6c5C(=O)N(C5CCC(=O)NC5=O)C6=O)C4)[nH]c3c2)cc1C=N. The van der Waals surface area contributed by atoms with E-state index in [4.69, 9.17) is 10.4 Å². The molecule has 0 saturated carbocycles. The fraction of sp³-hybridized carbons (Fsp3) is 0.316. The normalized spacial score (nSPS) is 18.4. The number of nitrogens with zero attached hydrogens (tertiary/aromatic N) is 3. The number of likely N-dealkylation sites (tertiary alicyclic amines) is 1. The number of carbonyl (C=O) groups is 6. The molecule has 3 aromatic carbocycles. The number of carbonyl (C=O) groups excluding carboxylic acids is 6. The van der Waals surface area contributed by atoms with E-state index in [0.29, 0.717) is 48.6 Å². The molecule has 2 unspecified atom stereocenters. The van der Waals surface area contributed by atoms with Gasteiger partial charge in [-0.25, -0.2) is 4.98 Å². The number of imide groups is 2. The molecule has 4 heterocycles. The molecular formula is C38H40N10O6. The fourth-order valence-electron chi connectivity index (χ4n) is 7.30. The van der Waals surface area contributed by atoms with Crippen LogP contribution >= 0.6 is 0 Å². The summed E-state index contributed by atoms with van der Waals surface area (Å²) in [4.78, 5) is 87.3. The Morgan fingerprint density at radius 2 is 1.85 bits per heavy atom. The molecule has 278 valence electrons. The number of benzene rings is 3. The summed E-state index contributed by atoms with van der Waals surface area (Å²) in [5.41, 5.74) is 4.81. The lowest BCUT2D eigenvalue weighted by Gasteiger charge is -2.27. The second-order valence-corrected chi connectivity index (χ2v) is 13.6. The second kappa shape index (κ2) is 15.3. The Labute approximate surface area is 309 Å². The van der Waals surface area contributed by atoms with E-state index in [-0.39, 0.29) is 41.7 Å². The van der Waals surface area contributed by atoms with Gasteiger partial charge in [0.05, 0.1) is 28.7 Å². The van der Waals surface area contributed by atoms with Gasteiger partial charge in [-0.15, -0.1) is 0 Å². The molecule has 7 rings (SSSR count). The number of H-pyrrole nitrogens is 1. The first-order valence-electron chi connectivity index (χ1n) is 17.8. The van der Waals surface area contributed by atoms with Crippen molar-refractivity contribution in [1.29, 1.82) is 5.41 Å². The van der Waals surface area contributed by atoms with Crippen LogP contribution in [0, 0.1) is 11.3 Å². The number of aromatic amines is 1. The van der Waals surface area contributed by atoms with Gasteiger partial charge in [0.2, 0.25) is 17.7 Å². The summed E-state index contributed by atoms with van der Waals surface area (Å²) in [6.45, 7) is 2.76. The second-order valence-electron chi connectivity index (χ2n) is 13.6. The van der Waals surface area contributed by atoms with Crippen LogP contribution in [0.3, 0.4) is 0 Å². The molecule has 3 aliphatic heterocycles. The van der Waals surface area contributed by atoms with E-state index in [2.05, 4.69) is 36.5 Å². The first kappa shape index (κ1) is 36.0. The minimum atomic E-state index is -1.04. The number of fused-ring (bicyclic) bond motifs is 2. The van der Waals surface area contributed by atoms with Crippen LogP contribution in [0.1, 0.15) is 68.1 Å². The lowest BCUT2D eigenvalue weighted by Crippen LogP contribution is -2.54. The van der Waals surface area contributed by atoms with Crippen molar-refractivity contribution in [3.8, 4) is 0 Å². The molecule has 3 aliphatic rings. The van der Waals surface area contributed by atoms with Crippen LogP contribution in [0.4, 0.5) is 17.1 Å². The maximum absolute atomic E-state index is 13.3. The highest BCUT2D eigenvalue weighted by Gasteiger charge is 2.45. The van der Waals surface area contributed by atoms with E-state index in [1.54, 1.807) is 43.4 Å². The highest BCUT2D eigenvalue weighted by atomic mass is 16.2. The zero-order valence-electron chi connectivity index (χ0n) is 29.6. The fourth-order valence-corrected chi connectivity index (χ4v) is 7.30. The lowest BCUT2D eigenvalue weighted by atomic mass is 10.0. The van der Waals surface area contributed by atoms with Crippen LogP contribution < -0.4 is 26.6 Å². The Balaban J connectivity index is 0.863. The topological polar surface area (TPSA) is 222 Å². The number of anilines is 3.